The van der Waals surface area contributed by atoms with Gasteiger partial charge in [-0.05, 0) is 18.1 Å². The summed E-state index contributed by atoms with van der Waals surface area (Å²) in [7, 11) is 0. The minimum atomic E-state index is 0.996. The van der Waals surface area contributed by atoms with Crippen molar-refractivity contribution >= 4 is 22.0 Å². The summed E-state index contributed by atoms with van der Waals surface area (Å²) in [6, 6.07) is 10.3. The maximum Gasteiger partial charge on any atom is 0.0656 e. The van der Waals surface area contributed by atoms with E-state index in [2.05, 4.69) is 50.4 Å². The molecule has 0 spiro atoms. The van der Waals surface area contributed by atoms with Gasteiger partial charge in [-0.3, -0.25) is 5.10 Å². The fraction of sp³-hybridized carbons (Fsp3) is 0.154. The third-order valence-corrected chi connectivity index (χ3v) is 2.78. The molecular formula is C13H13BrN2. The summed E-state index contributed by atoms with van der Waals surface area (Å²) >= 11 is 3.41. The topological polar surface area (TPSA) is 28.7 Å². The van der Waals surface area contributed by atoms with Gasteiger partial charge >= 0.3 is 0 Å². The van der Waals surface area contributed by atoms with Crippen LogP contribution in [0.2, 0.25) is 0 Å². The van der Waals surface area contributed by atoms with Gasteiger partial charge in [0.05, 0.1) is 5.69 Å². The first-order chi connectivity index (χ1) is 7.92. The Balaban J connectivity index is 2.31. The molecule has 1 heterocycles. The molecule has 0 radical (unpaired) electrons. The van der Waals surface area contributed by atoms with Crippen LogP contribution in [-0.4, -0.2) is 15.5 Å². The molecule has 0 aliphatic heterocycles. The van der Waals surface area contributed by atoms with Gasteiger partial charge < -0.3 is 0 Å². The van der Waals surface area contributed by atoms with Gasteiger partial charge in [-0.25, -0.2) is 0 Å². The molecule has 0 saturated heterocycles. The highest BCUT2D eigenvalue weighted by atomic mass is 79.9. The standard InChI is InChI=1S/C13H13BrN2/c14-9-4-3-6-11-5-1-2-7-12(11)13-8-10-15-16-13/h1-3,5-8,10H,4,9H2,(H,15,16). The zero-order valence-corrected chi connectivity index (χ0v) is 10.4. The lowest BCUT2D eigenvalue weighted by Crippen LogP contribution is -1.83. The second-order valence-corrected chi connectivity index (χ2v) is 4.23. The third-order valence-electron chi connectivity index (χ3n) is 2.32. The maximum atomic E-state index is 3.98. The molecule has 82 valence electrons. The Bertz CT molecular complexity index is 461. The molecule has 0 bridgehead atoms. The molecule has 0 amide bonds. The van der Waals surface area contributed by atoms with E-state index < -0.39 is 0 Å². The molecule has 16 heavy (non-hydrogen) atoms. The molecule has 0 aliphatic carbocycles. The maximum absolute atomic E-state index is 3.98. The van der Waals surface area contributed by atoms with Crippen molar-refractivity contribution in [2.75, 3.05) is 5.33 Å². The number of hydrogen-bond acceptors (Lipinski definition) is 1. The highest BCUT2D eigenvalue weighted by Gasteiger charge is 2.02. The van der Waals surface area contributed by atoms with E-state index in [4.69, 9.17) is 0 Å². The van der Waals surface area contributed by atoms with Gasteiger partial charge in [-0.15, -0.1) is 0 Å². The molecule has 1 N–H and O–H groups in total. The Morgan fingerprint density at radius 1 is 1.25 bits per heavy atom. The highest BCUT2D eigenvalue weighted by molar-refractivity contribution is 9.09. The van der Waals surface area contributed by atoms with E-state index in [1.54, 1.807) is 6.20 Å². The summed E-state index contributed by atoms with van der Waals surface area (Å²) in [5, 5.41) is 7.97. The third kappa shape index (κ3) is 2.61. The molecular weight excluding hydrogens is 264 g/mol. The van der Waals surface area contributed by atoms with Gasteiger partial charge in [0.2, 0.25) is 0 Å². The van der Waals surface area contributed by atoms with Crippen LogP contribution in [0.4, 0.5) is 0 Å². The summed E-state index contributed by atoms with van der Waals surface area (Å²) in [6.07, 6.45) is 7.13. The van der Waals surface area contributed by atoms with Crippen LogP contribution in [0.5, 0.6) is 0 Å². The van der Waals surface area contributed by atoms with Crippen molar-refractivity contribution in [1.82, 2.24) is 10.2 Å². The highest BCUT2D eigenvalue weighted by Crippen LogP contribution is 2.22. The Morgan fingerprint density at radius 2 is 2.12 bits per heavy atom. The quantitative estimate of drug-likeness (QED) is 0.844. The number of rotatable bonds is 4. The van der Waals surface area contributed by atoms with E-state index in [1.807, 2.05) is 18.2 Å². The average molecular weight is 277 g/mol. The fourth-order valence-electron chi connectivity index (χ4n) is 1.57. The van der Waals surface area contributed by atoms with Crippen LogP contribution in [0, 0.1) is 0 Å². The summed E-state index contributed by atoms with van der Waals surface area (Å²) in [5.74, 6) is 0. The number of benzene rings is 1. The lowest BCUT2D eigenvalue weighted by Gasteiger charge is -2.02. The van der Waals surface area contributed by atoms with Crippen molar-refractivity contribution in [2.45, 2.75) is 6.42 Å². The molecule has 1 aromatic carbocycles. The normalized spacial score (nSPS) is 11.1. The zero-order chi connectivity index (χ0) is 11.2. The second-order valence-electron chi connectivity index (χ2n) is 3.44. The lowest BCUT2D eigenvalue weighted by atomic mass is 10.0. The van der Waals surface area contributed by atoms with Crippen molar-refractivity contribution in [3.05, 3.63) is 48.2 Å². The number of nitrogens with zero attached hydrogens (tertiary/aromatic N) is 1. The average Bonchev–Trinajstić information content (AvgIpc) is 2.83. The van der Waals surface area contributed by atoms with E-state index in [9.17, 15) is 0 Å². The number of aromatic amines is 1. The van der Waals surface area contributed by atoms with Gasteiger partial charge in [0.1, 0.15) is 0 Å². The number of aromatic nitrogens is 2. The minimum absolute atomic E-state index is 0.996. The van der Waals surface area contributed by atoms with Crippen molar-refractivity contribution in [2.24, 2.45) is 0 Å². The van der Waals surface area contributed by atoms with Gasteiger partial charge in [-0.1, -0.05) is 52.3 Å². The van der Waals surface area contributed by atoms with E-state index >= 15 is 0 Å². The first-order valence-electron chi connectivity index (χ1n) is 5.23. The first kappa shape index (κ1) is 11.1. The van der Waals surface area contributed by atoms with E-state index in [1.165, 1.54) is 11.1 Å². The Kier molecular flexibility index (Phi) is 3.94. The number of nitrogens with one attached hydrogen (secondary N) is 1. The number of H-pyrrole nitrogens is 1. The SMILES string of the molecule is BrCCC=Cc1ccccc1-c1ccn[nH]1. The largest absolute Gasteiger partial charge is 0.278 e. The predicted molar refractivity (Wildman–Crippen MR) is 71.5 cm³/mol. The van der Waals surface area contributed by atoms with Crippen LogP contribution in [0.25, 0.3) is 17.3 Å². The van der Waals surface area contributed by atoms with Crippen LogP contribution in [0.3, 0.4) is 0 Å². The van der Waals surface area contributed by atoms with Crippen molar-refractivity contribution < 1.29 is 0 Å². The Hall–Kier alpha value is -1.35. The number of hydrogen-bond donors (Lipinski definition) is 1. The van der Waals surface area contributed by atoms with Crippen LogP contribution in [0.1, 0.15) is 12.0 Å². The van der Waals surface area contributed by atoms with Crippen molar-refractivity contribution in [3.63, 3.8) is 0 Å². The van der Waals surface area contributed by atoms with Crippen LogP contribution >= 0.6 is 15.9 Å². The number of allylic oxidation sites excluding steroid dienone is 1. The molecule has 1 aromatic heterocycles. The van der Waals surface area contributed by atoms with Crippen LogP contribution < -0.4 is 0 Å². The summed E-state index contributed by atoms with van der Waals surface area (Å²) in [6.45, 7) is 0. The summed E-state index contributed by atoms with van der Waals surface area (Å²) in [4.78, 5) is 0. The second kappa shape index (κ2) is 5.66. The molecule has 2 aromatic rings. The van der Waals surface area contributed by atoms with Gasteiger partial charge in [-0.2, -0.15) is 5.10 Å². The first-order valence-corrected chi connectivity index (χ1v) is 6.35. The van der Waals surface area contributed by atoms with Gasteiger partial charge in [0.25, 0.3) is 0 Å². The molecule has 0 atom stereocenters. The van der Waals surface area contributed by atoms with Crippen LogP contribution in [-0.2, 0) is 0 Å². The smallest absolute Gasteiger partial charge is 0.0656 e. The van der Waals surface area contributed by atoms with Gasteiger partial charge in [0, 0.05) is 17.1 Å². The van der Waals surface area contributed by atoms with Crippen molar-refractivity contribution in [3.8, 4) is 11.3 Å². The molecule has 2 nitrogen and oxygen atoms in total. The zero-order valence-electron chi connectivity index (χ0n) is 8.86. The molecule has 0 aliphatic rings. The molecule has 3 heteroatoms. The van der Waals surface area contributed by atoms with E-state index in [-0.39, 0.29) is 0 Å². The number of alkyl halides is 1. The van der Waals surface area contributed by atoms with E-state index in [0.29, 0.717) is 0 Å². The molecule has 0 unspecified atom stereocenters. The predicted octanol–water partition coefficient (Wildman–Crippen LogP) is 3.87. The minimum Gasteiger partial charge on any atom is -0.278 e. The number of halogens is 1. The molecule has 2 rings (SSSR count). The monoisotopic (exact) mass is 276 g/mol. The molecule has 0 fully saturated rings. The Labute approximate surface area is 104 Å². The van der Waals surface area contributed by atoms with Gasteiger partial charge in [0.15, 0.2) is 0 Å². The Morgan fingerprint density at radius 3 is 2.88 bits per heavy atom. The molecule has 0 saturated carbocycles. The lowest BCUT2D eigenvalue weighted by molar-refractivity contribution is 1.09. The summed E-state index contributed by atoms with van der Waals surface area (Å²) in [5.41, 5.74) is 3.46. The van der Waals surface area contributed by atoms with Crippen LogP contribution in [0.15, 0.2) is 42.6 Å². The van der Waals surface area contributed by atoms with Crippen molar-refractivity contribution in [1.29, 1.82) is 0 Å². The van der Waals surface area contributed by atoms with E-state index in [0.717, 1.165) is 17.4 Å². The fourth-order valence-corrected chi connectivity index (χ4v) is 1.83. The summed E-state index contributed by atoms with van der Waals surface area (Å²) < 4.78 is 0.